The van der Waals surface area contributed by atoms with Gasteiger partial charge in [0.2, 0.25) is 10.0 Å². The van der Waals surface area contributed by atoms with Crippen molar-refractivity contribution < 1.29 is 30.8 Å². The fraction of sp³-hybridized carbons (Fsp3) is 0.292. The van der Waals surface area contributed by atoms with Crippen molar-refractivity contribution in [3.8, 4) is 11.3 Å². The standard InChI is InChI=1S/C24H20ClF4N3O3S/c25-23-10-14(9-20(31-23)15-2-7-19(24(28)29)30-12-15)1-8-22(33)21-11-17(27)13-32(21)36(34,35)18-5-3-16(26)4-6-18/h2-7,9-10,12,17,21,24H,1,8,11,13H2/t17-,21+/m1/s1. The van der Waals surface area contributed by atoms with E-state index in [1.807, 2.05) is 0 Å². The van der Waals surface area contributed by atoms with E-state index >= 15 is 0 Å². The van der Waals surface area contributed by atoms with Gasteiger partial charge in [0.1, 0.15) is 22.8 Å². The van der Waals surface area contributed by atoms with Gasteiger partial charge in [0.15, 0.2) is 5.78 Å². The number of benzene rings is 1. The molecule has 0 amide bonds. The molecule has 1 aromatic carbocycles. The molecule has 0 N–H and O–H groups in total. The fourth-order valence-corrected chi connectivity index (χ4v) is 5.90. The molecule has 3 aromatic rings. The minimum Gasteiger partial charge on any atom is -0.298 e. The quantitative estimate of drug-likeness (QED) is 0.290. The van der Waals surface area contributed by atoms with Crippen molar-refractivity contribution in [2.24, 2.45) is 0 Å². The summed E-state index contributed by atoms with van der Waals surface area (Å²) in [5, 5.41) is 0.109. The van der Waals surface area contributed by atoms with Gasteiger partial charge in [-0.05, 0) is 60.5 Å². The van der Waals surface area contributed by atoms with Gasteiger partial charge in [-0.2, -0.15) is 4.31 Å². The molecule has 4 rings (SSSR count). The molecule has 0 radical (unpaired) electrons. The average Bonchev–Trinajstić information content (AvgIpc) is 3.25. The highest BCUT2D eigenvalue weighted by molar-refractivity contribution is 7.89. The van der Waals surface area contributed by atoms with E-state index in [9.17, 15) is 30.8 Å². The summed E-state index contributed by atoms with van der Waals surface area (Å²) in [6.45, 7) is -0.469. The largest absolute Gasteiger partial charge is 0.298 e. The van der Waals surface area contributed by atoms with E-state index in [2.05, 4.69) is 9.97 Å². The van der Waals surface area contributed by atoms with Gasteiger partial charge in [-0.3, -0.25) is 9.78 Å². The topological polar surface area (TPSA) is 80.2 Å². The molecule has 0 aliphatic carbocycles. The number of pyridine rings is 2. The van der Waals surface area contributed by atoms with Gasteiger partial charge in [-0.1, -0.05) is 11.6 Å². The van der Waals surface area contributed by atoms with Crippen LogP contribution in [0.4, 0.5) is 17.6 Å². The first-order chi connectivity index (χ1) is 17.0. The van der Waals surface area contributed by atoms with E-state index in [1.165, 1.54) is 24.4 Å². The number of hydrogen-bond acceptors (Lipinski definition) is 5. The van der Waals surface area contributed by atoms with E-state index in [0.717, 1.165) is 28.6 Å². The third-order valence-electron chi connectivity index (χ3n) is 5.82. The molecule has 0 unspecified atom stereocenters. The van der Waals surface area contributed by atoms with Gasteiger partial charge < -0.3 is 0 Å². The Labute approximate surface area is 210 Å². The average molecular weight is 542 g/mol. The number of carbonyl (C=O) groups excluding carboxylic acids is 1. The SMILES string of the molecule is O=C(CCc1cc(Cl)nc(-c2ccc(C(F)F)nc2)c1)[C@@H]1C[C@@H](F)CN1S(=O)(=O)c1ccc(F)cc1. The van der Waals surface area contributed by atoms with Gasteiger partial charge in [0.25, 0.3) is 6.43 Å². The Morgan fingerprint density at radius 2 is 1.86 bits per heavy atom. The van der Waals surface area contributed by atoms with Crippen LogP contribution in [-0.4, -0.2) is 47.2 Å². The Morgan fingerprint density at radius 1 is 1.14 bits per heavy atom. The molecule has 0 saturated carbocycles. The second-order valence-electron chi connectivity index (χ2n) is 8.30. The summed E-state index contributed by atoms with van der Waals surface area (Å²) in [6, 6.07) is 8.66. The summed E-state index contributed by atoms with van der Waals surface area (Å²) in [7, 11) is -4.21. The molecule has 190 valence electrons. The Hall–Kier alpha value is -2.89. The van der Waals surface area contributed by atoms with E-state index in [0.29, 0.717) is 16.8 Å². The molecular weight excluding hydrogens is 522 g/mol. The second-order valence-corrected chi connectivity index (χ2v) is 10.6. The van der Waals surface area contributed by atoms with E-state index in [-0.39, 0.29) is 35.0 Å². The maximum atomic E-state index is 14.2. The summed E-state index contributed by atoms with van der Waals surface area (Å²) in [4.78, 5) is 20.6. The Bertz CT molecular complexity index is 1360. The Balaban J connectivity index is 1.50. The molecule has 1 aliphatic heterocycles. The highest BCUT2D eigenvalue weighted by atomic mass is 35.5. The summed E-state index contributed by atoms with van der Waals surface area (Å²) in [5.41, 5.74) is 1.03. The molecule has 2 aromatic heterocycles. The molecule has 0 bridgehead atoms. The van der Waals surface area contributed by atoms with Crippen molar-refractivity contribution in [1.29, 1.82) is 0 Å². The highest BCUT2D eigenvalue weighted by Crippen LogP contribution is 2.30. The van der Waals surface area contributed by atoms with Gasteiger partial charge in [0, 0.05) is 31.1 Å². The smallest absolute Gasteiger partial charge is 0.280 e. The lowest BCUT2D eigenvalue weighted by Gasteiger charge is -2.23. The normalized spacial score (nSPS) is 18.6. The summed E-state index contributed by atoms with van der Waals surface area (Å²) < 4.78 is 79.8. The Morgan fingerprint density at radius 3 is 2.50 bits per heavy atom. The Kier molecular flexibility index (Phi) is 7.72. The van der Waals surface area contributed by atoms with Crippen molar-refractivity contribution in [3.63, 3.8) is 0 Å². The lowest BCUT2D eigenvalue weighted by Crippen LogP contribution is -2.40. The van der Waals surface area contributed by atoms with Crippen LogP contribution in [0.3, 0.4) is 0 Å². The molecular formula is C24H20ClF4N3O3S. The van der Waals surface area contributed by atoms with E-state index in [4.69, 9.17) is 11.6 Å². The van der Waals surface area contributed by atoms with Crippen LogP contribution >= 0.6 is 11.6 Å². The summed E-state index contributed by atoms with van der Waals surface area (Å²) in [6.07, 6.45) is -3.19. The molecule has 1 saturated heterocycles. The number of nitrogens with zero attached hydrogens (tertiary/aromatic N) is 3. The number of hydrogen-bond donors (Lipinski definition) is 0. The maximum absolute atomic E-state index is 14.2. The predicted octanol–water partition coefficient (Wildman–Crippen LogP) is 5.18. The van der Waals surface area contributed by atoms with Crippen LogP contribution in [0.5, 0.6) is 0 Å². The third-order valence-corrected chi connectivity index (χ3v) is 7.90. The van der Waals surface area contributed by atoms with Crippen LogP contribution < -0.4 is 0 Å². The number of aromatic nitrogens is 2. The number of ketones is 1. The fourth-order valence-electron chi connectivity index (χ4n) is 4.02. The maximum Gasteiger partial charge on any atom is 0.280 e. The van der Waals surface area contributed by atoms with Gasteiger partial charge in [-0.15, -0.1) is 0 Å². The number of aryl methyl sites for hydroxylation is 1. The highest BCUT2D eigenvalue weighted by Gasteiger charge is 2.43. The number of sulfonamides is 1. The van der Waals surface area contributed by atoms with Crippen molar-refractivity contribution in [1.82, 2.24) is 14.3 Å². The van der Waals surface area contributed by atoms with Gasteiger partial charge in [0.05, 0.1) is 16.6 Å². The van der Waals surface area contributed by atoms with Crippen LogP contribution in [0.1, 0.15) is 30.5 Å². The zero-order chi connectivity index (χ0) is 26.0. The monoisotopic (exact) mass is 541 g/mol. The number of rotatable bonds is 8. The predicted molar refractivity (Wildman–Crippen MR) is 124 cm³/mol. The number of halogens is 5. The van der Waals surface area contributed by atoms with Crippen LogP contribution in [0.25, 0.3) is 11.3 Å². The minimum absolute atomic E-state index is 0.102. The summed E-state index contributed by atoms with van der Waals surface area (Å²) >= 11 is 6.10. The molecule has 36 heavy (non-hydrogen) atoms. The van der Waals surface area contributed by atoms with Crippen molar-refractivity contribution in [2.45, 2.75) is 42.8 Å². The zero-order valence-corrected chi connectivity index (χ0v) is 20.2. The summed E-state index contributed by atoms with van der Waals surface area (Å²) in [5.74, 6) is -1.10. The van der Waals surface area contributed by atoms with Crippen LogP contribution in [0, 0.1) is 5.82 Å². The molecule has 12 heteroatoms. The van der Waals surface area contributed by atoms with Gasteiger partial charge in [-0.25, -0.2) is 31.0 Å². The lowest BCUT2D eigenvalue weighted by atomic mass is 10.0. The number of Topliss-reactive ketones (excluding diaryl/α,β-unsaturated/α-hetero) is 1. The lowest BCUT2D eigenvalue weighted by molar-refractivity contribution is -0.122. The molecule has 1 aliphatic rings. The minimum atomic E-state index is -4.21. The first kappa shape index (κ1) is 26.2. The van der Waals surface area contributed by atoms with Crippen molar-refractivity contribution >= 4 is 27.4 Å². The van der Waals surface area contributed by atoms with Crippen LogP contribution in [0.15, 0.2) is 59.6 Å². The number of alkyl halides is 3. The van der Waals surface area contributed by atoms with Gasteiger partial charge >= 0.3 is 0 Å². The molecule has 3 heterocycles. The van der Waals surface area contributed by atoms with Crippen LogP contribution in [0.2, 0.25) is 5.15 Å². The third kappa shape index (κ3) is 5.74. The molecule has 2 atom stereocenters. The molecule has 6 nitrogen and oxygen atoms in total. The molecule has 0 spiro atoms. The number of carbonyl (C=O) groups is 1. The van der Waals surface area contributed by atoms with E-state index in [1.54, 1.807) is 6.07 Å². The molecule has 1 fully saturated rings. The van der Waals surface area contributed by atoms with Crippen molar-refractivity contribution in [2.75, 3.05) is 6.54 Å². The first-order valence-corrected chi connectivity index (χ1v) is 12.7. The second kappa shape index (κ2) is 10.6. The van der Waals surface area contributed by atoms with E-state index < -0.39 is 46.8 Å². The van der Waals surface area contributed by atoms with Crippen molar-refractivity contribution in [3.05, 3.63) is 77.0 Å². The first-order valence-electron chi connectivity index (χ1n) is 10.9. The van der Waals surface area contributed by atoms with Crippen LogP contribution in [-0.2, 0) is 21.2 Å². The zero-order valence-electron chi connectivity index (χ0n) is 18.6.